The van der Waals surface area contributed by atoms with Crippen LogP contribution in [-0.4, -0.2) is 39.6 Å². The van der Waals surface area contributed by atoms with Crippen LogP contribution in [0.15, 0.2) is 63.6 Å². The quantitative estimate of drug-likeness (QED) is 0.478. The lowest BCUT2D eigenvalue weighted by atomic mass is 9.79. The first-order valence-corrected chi connectivity index (χ1v) is 13.6. The summed E-state index contributed by atoms with van der Waals surface area (Å²) in [6.07, 6.45) is 9.54. The Bertz CT molecular complexity index is 1280. The van der Waals surface area contributed by atoms with Crippen LogP contribution in [0.3, 0.4) is 0 Å². The van der Waals surface area contributed by atoms with Crippen molar-refractivity contribution in [3.8, 4) is 0 Å². The Labute approximate surface area is 220 Å². The molecule has 6 heteroatoms. The number of carbonyl (C=O) groups excluding carboxylic acids is 2. The maximum atomic E-state index is 13.4. The Morgan fingerprint density at radius 1 is 1.11 bits per heavy atom. The van der Waals surface area contributed by atoms with E-state index < -0.39 is 5.54 Å². The van der Waals surface area contributed by atoms with Gasteiger partial charge >= 0.3 is 0 Å². The number of aliphatic hydroxyl groups excluding tert-OH is 1. The van der Waals surface area contributed by atoms with E-state index in [1.165, 1.54) is 48.4 Å². The molecule has 0 saturated heterocycles. The third kappa shape index (κ3) is 4.14. The number of aliphatic hydroxyl groups is 1. The molecule has 2 aliphatic carbocycles. The lowest BCUT2D eigenvalue weighted by Gasteiger charge is -2.30. The highest BCUT2D eigenvalue weighted by Crippen LogP contribution is 2.49. The largest absolute Gasteiger partial charge is 0.506 e. The van der Waals surface area contributed by atoms with E-state index in [1.54, 1.807) is 6.92 Å². The molecule has 6 nitrogen and oxygen atoms in total. The molecule has 0 aromatic heterocycles. The normalized spacial score (nSPS) is 24.9. The van der Waals surface area contributed by atoms with Crippen LogP contribution in [-0.2, 0) is 15.0 Å². The maximum absolute atomic E-state index is 13.4. The lowest BCUT2D eigenvalue weighted by Crippen LogP contribution is -2.40. The summed E-state index contributed by atoms with van der Waals surface area (Å²) in [4.78, 5) is 28.9. The molecule has 4 aliphatic rings. The number of para-hydroxylation sites is 1. The summed E-state index contributed by atoms with van der Waals surface area (Å²) >= 11 is 0. The fraction of sp³-hybridized carbons (Fsp3) is 0.516. The van der Waals surface area contributed by atoms with Crippen molar-refractivity contribution in [2.24, 2.45) is 11.0 Å². The van der Waals surface area contributed by atoms with Crippen LogP contribution in [0.4, 0.5) is 5.69 Å². The summed E-state index contributed by atoms with van der Waals surface area (Å²) in [5.74, 6) is 0.0860. The van der Waals surface area contributed by atoms with E-state index in [9.17, 15) is 14.7 Å². The summed E-state index contributed by atoms with van der Waals surface area (Å²) in [7, 11) is 0. The first-order chi connectivity index (χ1) is 17.4. The Morgan fingerprint density at radius 3 is 2.41 bits per heavy atom. The van der Waals surface area contributed by atoms with Gasteiger partial charge in [-0.25, -0.2) is 5.01 Å². The molecule has 5 rings (SSSR count). The van der Waals surface area contributed by atoms with Crippen molar-refractivity contribution < 1.29 is 14.7 Å². The Morgan fingerprint density at radius 2 is 1.78 bits per heavy atom. The third-order valence-electron chi connectivity index (χ3n) is 8.42. The highest BCUT2D eigenvalue weighted by molar-refractivity contribution is 6.34. The highest BCUT2D eigenvalue weighted by Gasteiger charge is 2.46. The second kappa shape index (κ2) is 9.00. The van der Waals surface area contributed by atoms with E-state index in [0.717, 1.165) is 24.6 Å². The van der Waals surface area contributed by atoms with Crippen LogP contribution in [0.25, 0.3) is 0 Å². The van der Waals surface area contributed by atoms with Gasteiger partial charge in [0.25, 0.3) is 5.91 Å². The molecule has 0 unspecified atom stereocenters. The predicted molar refractivity (Wildman–Crippen MR) is 147 cm³/mol. The molecular formula is C31H39N3O3. The van der Waals surface area contributed by atoms with E-state index in [4.69, 9.17) is 0 Å². The number of fused-ring (bicyclic) bond motifs is 1. The topological polar surface area (TPSA) is 73.2 Å². The van der Waals surface area contributed by atoms with Gasteiger partial charge in [0.1, 0.15) is 5.76 Å². The first-order valence-electron chi connectivity index (χ1n) is 13.6. The van der Waals surface area contributed by atoms with Crippen molar-refractivity contribution >= 4 is 23.1 Å². The van der Waals surface area contributed by atoms with Gasteiger partial charge in [-0.3, -0.25) is 9.59 Å². The number of ketones is 1. The van der Waals surface area contributed by atoms with Gasteiger partial charge in [0.2, 0.25) is 5.78 Å². The highest BCUT2D eigenvalue weighted by atomic mass is 16.3. The molecule has 1 amide bonds. The molecule has 0 spiro atoms. The second-order valence-electron chi connectivity index (χ2n) is 12.4. The summed E-state index contributed by atoms with van der Waals surface area (Å²) in [5, 5.41) is 16.9. The average Bonchev–Trinajstić information content (AvgIpc) is 3.51. The molecule has 1 fully saturated rings. The van der Waals surface area contributed by atoms with Gasteiger partial charge in [0.05, 0.1) is 28.0 Å². The molecular weight excluding hydrogens is 462 g/mol. The zero-order valence-corrected chi connectivity index (χ0v) is 23.0. The number of rotatable bonds is 5. The second-order valence-corrected chi connectivity index (χ2v) is 12.4. The van der Waals surface area contributed by atoms with E-state index in [-0.39, 0.29) is 39.6 Å². The predicted octanol–water partition coefficient (Wildman–Crippen LogP) is 6.35. The number of Topliss-reactive ketones (excluding diaryl/α,β-unsaturated/α-hetero) is 1. The average molecular weight is 502 g/mol. The SMILES string of the molecule is CC1=NN(C(C)(C)C)C(=O)/C1=C1/C(=O)C(/C=C2/N(CCCC3CCCC3)c3ccccc3C2(C)C)=C1O. The number of hydrazone groups is 1. The van der Waals surface area contributed by atoms with Crippen molar-refractivity contribution in [3.63, 3.8) is 0 Å². The van der Waals surface area contributed by atoms with Crippen molar-refractivity contribution in [2.45, 2.75) is 91.0 Å². The Kier molecular flexibility index (Phi) is 6.20. The Balaban J connectivity index is 1.49. The minimum Gasteiger partial charge on any atom is -0.506 e. The molecule has 2 heterocycles. The van der Waals surface area contributed by atoms with Gasteiger partial charge in [-0.05, 0) is 64.2 Å². The molecule has 1 saturated carbocycles. The Hall–Kier alpha value is -3.15. The van der Waals surface area contributed by atoms with E-state index in [2.05, 4.69) is 48.1 Å². The minimum atomic E-state index is -0.518. The molecule has 2 aliphatic heterocycles. The van der Waals surface area contributed by atoms with Crippen LogP contribution < -0.4 is 4.90 Å². The van der Waals surface area contributed by atoms with E-state index >= 15 is 0 Å². The molecule has 0 bridgehead atoms. The van der Waals surface area contributed by atoms with Crippen LogP contribution >= 0.6 is 0 Å². The molecule has 1 N–H and O–H groups in total. The van der Waals surface area contributed by atoms with Crippen LogP contribution in [0.5, 0.6) is 0 Å². The summed E-state index contributed by atoms with van der Waals surface area (Å²) in [6.45, 7) is 12.6. The van der Waals surface area contributed by atoms with Crippen LogP contribution in [0.1, 0.15) is 85.6 Å². The summed E-state index contributed by atoms with van der Waals surface area (Å²) in [6, 6.07) is 8.42. The smallest absolute Gasteiger partial charge is 0.277 e. The third-order valence-corrected chi connectivity index (χ3v) is 8.42. The van der Waals surface area contributed by atoms with E-state index in [1.807, 2.05) is 26.8 Å². The molecule has 0 atom stereocenters. The number of anilines is 1. The van der Waals surface area contributed by atoms with Crippen molar-refractivity contribution in [1.82, 2.24) is 5.01 Å². The van der Waals surface area contributed by atoms with Gasteiger partial charge in [-0.1, -0.05) is 57.7 Å². The van der Waals surface area contributed by atoms with Crippen molar-refractivity contribution in [2.75, 3.05) is 11.4 Å². The van der Waals surface area contributed by atoms with Crippen molar-refractivity contribution in [1.29, 1.82) is 0 Å². The van der Waals surface area contributed by atoms with Gasteiger partial charge in [0.15, 0.2) is 0 Å². The number of hydrogen-bond donors (Lipinski definition) is 1. The van der Waals surface area contributed by atoms with Gasteiger partial charge in [-0.15, -0.1) is 0 Å². The van der Waals surface area contributed by atoms with Crippen LogP contribution in [0, 0.1) is 5.92 Å². The molecule has 0 radical (unpaired) electrons. The monoisotopic (exact) mass is 501 g/mol. The molecule has 37 heavy (non-hydrogen) atoms. The lowest BCUT2D eigenvalue weighted by molar-refractivity contribution is -0.130. The fourth-order valence-electron chi connectivity index (χ4n) is 6.35. The number of nitrogens with zero attached hydrogens (tertiary/aromatic N) is 3. The number of carbonyl (C=O) groups is 2. The number of benzene rings is 1. The number of amides is 1. The standard InChI is InChI=1S/C31H39N3O3/c1-19-25(29(37)34(32-19)30(2,3)4)26-27(35)21(28(26)36)18-24-31(5,6)22-15-9-10-16-23(22)33(24)17-11-14-20-12-7-8-13-20/h9-10,15-16,18,20,35H,7-8,11-14,17H2,1-6H3/b24-18+,26-25+. The summed E-state index contributed by atoms with van der Waals surface area (Å²) in [5.41, 5.74) is 3.61. The van der Waals surface area contributed by atoms with Gasteiger partial charge in [-0.2, -0.15) is 5.10 Å². The zero-order valence-electron chi connectivity index (χ0n) is 23.0. The van der Waals surface area contributed by atoms with Crippen molar-refractivity contribution in [3.05, 3.63) is 64.1 Å². The maximum Gasteiger partial charge on any atom is 0.277 e. The fourth-order valence-corrected chi connectivity index (χ4v) is 6.35. The molecule has 196 valence electrons. The molecule has 1 aromatic carbocycles. The van der Waals surface area contributed by atoms with Gasteiger partial charge in [0, 0.05) is 23.3 Å². The molecule has 1 aromatic rings. The van der Waals surface area contributed by atoms with Crippen LogP contribution in [0.2, 0.25) is 0 Å². The zero-order chi connectivity index (χ0) is 26.7. The minimum absolute atomic E-state index is 0.0888. The first kappa shape index (κ1) is 25.5. The van der Waals surface area contributed by atoms with Gasteiger partial charge < -0.3 is 10.0 Å². The summed E-state index contributed by atoms with van der Waals surface area (Å²) < 4.78 is 0. The number of hydrogen-bond acceptors (Lipinski definition) is 5. The van der Waals surface area contributed by atoms with E-state index in [0.29, 0.717) is 5.71 Å². The number of allylic oxidation sites excluding steroid dienone is 4.